The molecular formula is C18H19Cl2N3O. The quantitative estimate of drug-likeness (QED) is 0.842. The molecule has 24 heavy (non-hydrogen) atoms. The molecule has 0 radical (unpaired) electrons. The lowest BCUT2D eigenvalue weighted by molar-refractivity contribution is 0.208. The first-order valence-electron chi connectivity index (χ1n) is 7.85. The maximum Gasteiger partial charge on any atom is 0.321 e. The zero-order chi connectivity index (χ0) is 17.1. The molecule has 0 atom stereocenters. The van der Waals surface area contributed by atoms with Gasteiger partial charge in [-0.05, 0) is 37.3 Å². The standard InChI is InChI=1S/C18H19Cl2N3O/c1-13-2-4-16(5-3-13)21-18(24)23-8-6-22(7-9-23)17-11-14(19)10-15(20)12-17/h2-5,10-12H,6-9H2,1H3,(H,21,24). The SMILES string of the molecule is Cc1ccc(NC(=O)N2CCN(c3cc(Cl)cc(Cl)c3)CC2)cc1. The zero-order valence-electron chi connectivity index (χ0n) is 13.4. The van der Waals surface area contributed by atoms with Crippen LogP contribution in [0.25, 0.3) is 0 Å². The van der Waals surface area contributed by atoms with Gasteiger partial charge in [0.15, 0.2) is 0 Å². The van der Waals surface area contributed by atoms with Gasteiger partial charge < -0.3 is 15.1 Å². The van der Waals surface area contributed by atoms with Crippen LogP contribution in [-0.4, -0.2) is 37.1 Å². The molecule has 1 heterocycles. The molecule has 1 N–H and O–H groups in total. The summed E-state index contributed by atoms with van der Waals surface area (Å²) in [6, 6.07) is 13.2. The molecule has 2 aromatic carbocycles. The Balaban J connectivity index is 1.58. The number of nitrogens with one attached hydrogen (secondary N) is 1. The van der Waals surface area contributed by atoms with Crippen LogP contribution < -0.4 is 10.2 Å². The van der Waals surface area contributed by atoms with Crippen molar-refractivity contribution in [3.63, 3.8) is 0 Å². The molecule has 2 amide bonds. The van der Waals surface area contributed by atoms with Gasteiger partial charge in [0.25, 0.3) is 0 Å². The number of anilines is 2. The first-order chi connectivity index (χ1) is 11.5. The summed E-state index contributed by atoms with van der Waals surface area (Å²) in [7, 11) is 0. The van der Waals surface area contributed by atoms with Gasteiger partial charge in [-0.3, -0.25) is 0 Å². The van der Waals surface area contributed by atoms with E-state index in [1.165, 1.54) is 5.56 Å². The fraction of sp³-hybridized carbons (Fsp3) is 0.278. The summed E-state index contributed by atoms with van der Waals surface area (Å²) >= 11 is 12.1. The van der Waals surface area contributed by atoms with Crippen molar-refractivity contribution in [1.29, 1.82) is 0 Å². The van der Waals surface area contributed by atoms with Crippen LogP contribution in [-0.2, 0) is 0 Å². The van der Waals surface area contributed by atoms with Crippen molar-refractivity contribution in [2.45, 2.75) is 6.92 Å². The molecule has 0 unspecified atom stereocenters. The van der Waals surface area contributed by atoms with Crippen molar-refractivity contribution in [3.8, 4) is 0 Å². The van der Waals surface area contributed by atoms with Crippen molar-refractivity contribution in [2.75, 3.05) is 36.4 Å². The molecule has 1 fully saturated rings. The number of piperazine rings is 1. The molecule has 6 heteroatoms. The highest BCUT2D eigenvalue weighted by atomic mass is 35.5. The first kappa shape index (κ1) is 16.9. The maximum atomic E-state index is 12.4. The summed E-state index contributed by atoms with van der Waals surface area (Å²) in [5.74, 6) is 0. The minimum Gasteiger partial charge on any atom is -0.368 e. The van der Waals surface area contributed by atoms with Crippen molar-refractivity contribution in [3.05, 3.63) is 58.1 Å². The lowest BCUT2D eigenvalue weighted by atomic mass is 10.2. The molecule has 1 aliphatic rings. The summed E-state index contributed by atoms with van der Waals surface area (Å²) in [5.41, 5.74) is 2.97. The second-order valence-corrected chi connectivity index (χ2v) is 6.77. The van der Waals surface area contributed by atoms with Crippen LogP contribution in [0.2, 0.25) is 10.0 Å². The van der Waals surface area contributed by atoms with Crippen LogP contribution in [0.4, 0.5) is 16.2 Å². The molecule has 0 spiro atoms. The van der Waals surface area contributed by atoms with Gasteiger partial charge in [-0.15, -0.1) is 0 Å². The monoisotopic (exact) mass is 363 g/mol. The number of halogens is 2. The Morgan fingerprint density at radius 1 is 0.958 bits per heavy atom. The predicted molar refractivity (Wildman–Crippen MR) is 100 cm³/mol. The minimum absolute atomic E-state index is 0.0670. The van der Waals surface area contributed by atoms with Crippen molar-refractivity contribution in [1.82, 2.24) is 4.90 Å². The highest BCUT2D eigenvalue weighted by molar-refractivity contribution is 6.35. The van der Waals surface area contributed by atoms with Crippen molar-refractivity contribution in [2.24, 2.45) is 0 Å². The van der Waals surface area contributed by atoms with E-state index in [4.69, 9.17) is 23.2 Å². The third-order valence-electron chi connectivity index (χ3n) is 4.08. The third kappa shape index (κ3) is 4.13. The van der Waals surface area contributed by atoms with E-state index in [1.807, 2.05) is 48.2 Å². The Morgan fingerprint density at radius 3 is 2.12 bits per heavy atom. The Kier molecular flexibility index (Phi) is 5.17. The number of hydrogen-bond donors (Lipinski definition) is 1. The summed E-state index contributed by atoms with van der Waals surface area (Å²) in [4.78, 5) is 16.4. The van der Waals surface area contributed by atoms with E-state index in [0.717, 1.165) is 24.5 Å². The summed E-state index contributed by atoms with van der Waals surface area (Å²) < 4.78 is 0. The molecule has 4 nitrogen and oxygen atoms in total. The average molecular weight is 364 g/mol. The predicted octanol–water partition coefficient (Wildman–Crippen LogP) is 4.66. The molecular weight excluding hydrogens is 345 g/mol. The van der Waals surface area contributed by atoms with Gasteiger partial charge >= 0.3 is 6.03 Å². The fourth-order valence-corrected chi connectivity index (χ4v) is 3.24. The van der Waals surface area contributed by atoms with E-state index in [-0.39, 0.29) is 6.03 Å². The van der Waals surface area contributed by atoms with E-state index >= 15 is 0 Å². The van der Waals surface area contributed by atoms with Gasteiger partial charge in [-0.25, -0.2) is 4.79 Å². The van der Waals surface area contributed by atoms with Crippen LogP contribution >= 0.6 is 23.2 Å². The van der Waals surface area contributed by atoms with Gasteiger partial charge in [0.05, 0.1) is 0 Å². The Bertz CT molecular complexity index is 705. The van der Waals surface area contributed by atoms with Crippen LogP contribution in [0.1, 0.15) is 5.56 Å². The van der Waals surface area contributed by atoms with Gasteiger partial charge in [0, 0.05) is 47.6 Å². The van der Waals surface area contributed by atoms with Gasteiger partial charge in [0.2, 0.25) is 0 Å². The lowest BCUT2D eigenvalue weighted by Crippen LogP contribution is -2.50. The Labute approximate surface area is 152 Å². The third-order valence-corrected chi connectivity index (χ3v) is 4.52. The highest BCUT2D eigenvalue weighted by Gasteiger charge is 2.21. The van der Waals surface area contributed by atoms with E-state index in [1.54, 1.807) is 6.07 Å². The zero-order valence-corrected chi connectivity index (χ0v) is 14.9. The normalized spacial score (nSPS) is 14.6. The number of carbonyl (C=O) groups excluding carboxylic acids is 1. The molecule has 1 aliphatic heterocycles. The molecule has 1 saturated heterocycles. The average Bonchev–Trinajstić information content (AvgIpc) is 2.56. The second-order valence-electron chi connectivity index (χ2n) is 5.90. The number of benzene rings is 2. The Morgan fingerprint density at radius 2 is 1.54 bits per heavy atom. The van der Waals surface area contributed by atoms with Crippen LogP contribution in [0.15, 0.2) is 42.5 Å². The number of aryl methyl sites for hydroxylation is 1. The number of carbonyl (C=O) groups is 1. The van der Waals surface area contributed by atoms with Gasteiger partial charge in [0.1, 0.15) is 0 Å². The van der Waals surface area contributed by atoms with Gasteiger partial charge in [-0.2, -0.15) is 0 Å². The Hall–Kier alpha value is -1.91. The van der Waals surface area contributed by atoms with E-state index in [0.29, 0.717) is 23.1 Å². The molecule has 0 bridgehead atoms. The second kappa shape index (κ2) is 7.32. The largest absolute Gasteiger partial charge is 0.368 e. The van der Waals surface area contributed by atoms with Crippen LogP contribution in [0.5, 0.6) is 0 Å². The first-order valence-corrected chi connectivity index (χ1v) is 8.60. The topological polar surface area (TPSA) is 35.6 Å². The summed E-state index contributed by atoms with van der Waals surface area (Å²) in [6.45, 7) is 4.83. The molecule has 0 aromatic heterocycles. The molecule has 2 aromatic rings. The minimum atomic E-state index is -0.0670. The van der Waals surface area contributed by atoms with Crippen LogP contribution in [0, 0.1) is 6.92 Å². The van der Waals surface area contributed by atoms with Crippen molar-refractivity contribution < 1.29 is 4.79 Å². The van der Waals surface area contributed by atoms with Crippen LogP contribution in [0.3, 0.4) is 0 Å². The molecule has 0 saturated carbocycles. The van der Waals surface area contributed by atoms with Crippen molar-refractivity contribution >= 4 is 40.6 Å². The molecule has 3 rings (SSSR count). The molecule has 126 valence electrons. The number of rotatable bonds is 2. The summed E-state index contributed by atoms with van der Waals surface area (Å²) in [6.07, 6.45) is 0. The molecule has 0 aliphatic carbocycles. The fourth-order valence-electron chi connectivity index (χ4n) is 2.73. The van der Waals surface area contributed by atoms with E-state index in [2.05, 4.69) is 10.2 Å². The lowest BCUT2D eigenvalue weighted by Gasteiger charge is -2.36. The highest BCUT2D eigenvalue weighted by Crippen LogP contribution is 2.26. The van der Waals surface area contributed by atoms with E-state index in [9.17, 15) is 4.79 Å². The number of hydrogen-bond acceptors (Lipinski definition) is 2. The van der Waals surface area contributed by atoms with Gasteiger partial charge in [-0.1, -0.05) is 40.9 Å². The number of urea groups is 1. The maximum absolute atomic E-state index is 12.4. The number of nitrogens with zero attached hydrogens (tertiary/aromatic N) is 2. The number of amides is 2. The summed E-state index contributed by atoms with van der Waals surface area (Å²) in [5, 5.41) is 4.18. The van der Waals surface area contributed by atoms with E-state index < -0.39 is 0 Å². The smallest absolute Gasteiger partial charge is 0.321 e.